The molecule has 2 amide bonds. The quantitative estimate of drug-likeness (QED) is 0.409. The van der Waals surface area contributed by atoms with Gasteiger partial charge in [0.1, 0.15) is 5.84 Å². The van der Waals surface area contributed by atoms with Gasteiger partial charge in [0.15, 0.2) is 0 Å². The Labute approximate surface area is 229 Å². The van der Waals surface area contributed by atoms with Crippen LogP contribution in [0.15, 0.2) is 35.8 Å². The predicted molar refractivity (Wildman–Crippen MR) is 151 cm³/mol. The van der Waals surface area contributed by atoms with Crippen LogP contribution in [-0.4, -0.2) is 85.6 Å². The lowest BCUT2D eigenvalue weighted by atomic mass is 9.96. The number of nitriles is 1. The molecule has 0 unspecified atom stereocenters. The number of carbonyl (C=O) groups excluding carboxylic acids is 1. The Kier molecular flexibility index (Phi) is 7.48. The maximum absolute atomic E-state index is 12.6. The summed E-state index contributed by atoms with van der Waals surface area (Å²) in [4.78, 5) is 18.5. The molecule has 4 heterocycles. The number of nitrogens with one attached hydrogen (secondary N) is 3. The molecule has 0 aliphatic carbocycles. The summed E-state index contributed by atoms with van der Waals surface area (Å²) >= 11 is 0. The van der Waals surface area contributed by atoms with Crippen molar-refractivity contribution >= 4 is 23.2 Å². The molecule has 1 atom stereocenters. The maximum Gasteiger partial charge on any atom is 0.317 e. The summed E-state index contributed by atoms with van der Waals surface area (Å²) in [7, 11) is 5.54. The van der Waals surface area contributed by atoms with Gasteiger partial charge in [0, 0.05) is 94.5 Å². The Morgan fingerprint density at radius 3 is 2.67 bits per heavy atom. The number of hydrogen-bond acceptors (Lipinski definition) is 7. The van der Waals surface area contributed by atoms with Gasteiger partial charge in [-0.3, -0.25) is 10.1 Å². The van der Waals surface area contributed by atoms with Crippen molar-refractivity contribution in [3.8, 4) is 17.2 Å². The van der Waals surface area contributed by atoms with Crippen molar-refractivity contribution in [2.75, 3.05) is 56.7 Å². The number of aromatic nitrogens is 2. The van der Waals surface area contributed by atoms with Crippen LogP contribution in [0.4, 0.5) is 16.2 Å². The first-order valence-electron chi connectivity index (χ1n) is 13.5. The zero-order valence-electron chi connectivity index (χ0n) is 23.1. The number of urea groups is 1. The van der Waals surface area contributed by atoms with Gasteiger partial charge in [-0.05, 0) is 31.9 Å². The van der Waals surface area contributed by atoms with E-state index in [1.165, 1.54) is 0 Å². The number of hydrogen-bond donors (Lipinski definition) is 3. The highest BCUT2D eigenvalue weighted by molar-refractivity contribution is 6.11. The first kappa shape index (κ1) is 26.6. The van der Waals surface area contributed by atoms with E-state index in [4.69, 9.17) is 4.74 Å². The molecule has 0 radical (unpaired) electrons. The zero-order chi connectivity index (χ0) is 27.7. The molecular formula is C28H37N9O2. The highest BCUT2D eigenvalue weighted by Crippen LogP contribution is 2.41. The molecule has 5 rings (SSSR count). The van der Waals surface area contributed by atoms with Crippen molar-refractivity contribution in [2.24, 2.45) is 7.05 Å². The Morgan fingerprint density at radius 2 is 2.00 bits per heavy atom. The third kappa shape index (κ3) is 5.16. The van der Waals surface area contributed by atoms with Crippen LogP contribution in [-0.2, 0) is 11.8 Å². The summed E-state index contributed by atoms with van der Waals surface area (Å²) in [6.07, 6.45) is 6.16. The molecule has 0 spiro atoms. The van der Waals surface area contributed by atoms with E-state index in [2.05, 4.69) is 40.7 Å². The van der Waals surface area contributed by atoms with Crippen LogP contribution >= 0.6 is 0 Å². The van der Waals surface area contributed by atoms with E-state index in [-0.39, 0.29) is 18.1 Å². The van der Waals surface area contributed by atoms with Crippen LogP contribution in [0, 0.1) is 16.7 Å². The molecule has 1 fully saturated rings. The fourth-order valence-electron chi connectivity index (χ4n) is 5.62. The number of anilines is 2. The highest BCUT2D eigenvalue weighted by Gasteiger charge is 2.34. The van der Waals surface area contributed by atoms with Crippen LogP contribution in [0.5, 0.6) is 0 Å². The van der Waals surface area contributed by atoms with Gasteiger partial charge < -0.3 is 30.1 Å². The topological polar surface area (TPSA) is 126 Å². The normalized spacial score (nSPS) is 20.0. The molecule has 2 aromatic rings. The van der Waals surface area contributed by atoms with E-state index in [1.54, 1.807) is 22.8 Å². The SMILES string of the molecule is CNC(=O)N1CCC(NC2CCOCC2)=C(C(=N)N2C[C@H](C)N(C)c3cc(-c4cnn(C)c4)c(C#N)cc32)C1. The van der Waals surface area contributed by atoms with Gasteiger partial charge in [0.05, 0.1) is 35.7 Å². The molecule has 206 valence electrons. The van der Waals surface area contributed by atoms with Gasteiger partial charge in [-0.2, -0.15) is 10.4 Å². The summed E-state index contributed by atoms with van der Waals surface area (Å²) < 4.78 is 7.27. The number of fused-ring (bicyclic) bond motifs is 1. The van der Waals surface area contributed by atoms with Crippen LogP contribution in [0.25, 0.3) is 11.1 Å². The first-order valence-corrected chi connectivity index (χ1v) is 13.5. The molecule has 11 heteroatoms. The minimum atomic E-state index is -0.148. The lowest BCUT2D eigenvalue weighted by molar-refractivity contribution is 0.0798. The van der Waals surface area contributed by atoms with Gasteiger partial charge in [-0.25, -0.2) is 4.79 Å². The number of likely N-dealkylation sites (N-methyl/N-ethyl adjacent to an activating group) is 1. The standard InChI is InChI=1S/C28H37N9O2/c1-18-15-37(26-11-19(13-29)22(12-25(26)35(18)4)20-14-32-34(3)16-20)27(30)23-17-36(28(38)31-2)8-5-24(23)33-21-6-9-39-10-7-21/h11-12,14,16,18,21,30,33H,5-10,15,17H2,1-4H3,(H,31,38)/t18-/m0/s1. The van der Waals surface area contributed by atoms with E-state index in [0.717, 1.165) is 59.8 Å². The molecule has 3 aliphatic rings. The van der Waals surface area contributed by atoms with Gasteiger partial charge in [-0.1, -0.05) is 0 Å². The third-order valence-corrected chi connectivity index (χ3v) is 8.03. The van der Waals surface area contributed by atoms with E-state index in [0.29, 0.717) is 37.5 Å². The molecule has 1 aromatic heterocycles. The van der Waals surface area contributed by atoms with Crippen molar-refractivity contribution in [3.05, 3.63) is 41.4 Å². The number of benzene rings is 1. The van der Waals surface area contributed by atoms with Crippen molar-refractivity contribution in [2.45, 2.75) is 38.3 Å². The van der Waals surface area contributed by atoms with Crippen LogP contribution < -0.4 is 20.4 Å². The van der Waals surface area contributed by atoms with E-state index < -0.39 is 0 Å². The minimum absolute atomic E-state index is 0.124. The van der Waals surface area contributed by atoms with E-state index in [9.17, 15) is 15.5 Å². The molecule has 0 saturated carbocycles. The summed E-state index contributed by atoms with van der Waals surface area (Å²) in [5.74, 6) is 0.359. The van der Waals surface area contributed by atoms with Crippen molar-refractivity contribution < 1.29 is 9.53 Å². The van der Waals surface area contributed by atoms with Gasteiger partial charge in [0.25, 0.3) is 0 Å². The molecule has 3 aliphatic heterocycles. The summed E-state index contributed by atoms with van der Waals surface area (Å²) in [6.45, 7) is 5.11. The van der Waals surface area contributed by atoms with E-state index >= 15 is 0 Å². The summed E-state index contributed by atoms with van der Waals surface area (Å²) in [5.41, 5.74) is 5.84. The van der Waals surface area contributed by atoms with Crippen molar-refractivity contribution in [3.63, 3.8) is 0 Å². The second-order valence-electron chi connectivity index (χ2n) is 10.5. The Bertz CT molecular complexity index is 1330. The van der Waals surface area contributed by atoms with Crippen LogP contribution in [0.2, 0.25) is 0 Å². The smallest absolute Gasteiger partial charge is 0.317 e. The first-order chi connectivity index (χ1) is 18.8. The lowest BCUT2D eigenvalue weighted by Gasteiger charge is -2.43. The Morgan fingerprint density at radius 1 is 1.23 bits per heavy atom. The number of ether oxygens (including phenoxy) is 1. The second-order valence-corrected chi connectivity index (χ2v) is 10.5. The molecule has 0 bridgehead atoms. The fraction of sp³-hybridized carbons (Fsp3) is 0.500. The summed E-state index contributed by atoms with van der Waals surface area (Å²) in [5, 5.41) is 30.3. The number of aryl methyl sites for hydroxylation is 1. The molecule has 1 aromatic carbocycles. The number of amidine groups is 1. The molecule has 11 nitrogen and oxygen atoms in total. The van der Waals surface area contributed by atoms with Gasteiger partial charge in [0.2, 0.25) is 0 Å². The number of carbonyl (C=O) groups is 1. The average molecular weight is 532 g/mol. The highest BCUT2D eigenvalue weighted by atomic mass is 16.5. The van der Waals surface area contributed by atoms with E-state index in [1.807, 2.05) is 30.3 Å². The lowest BCUT2D eigenvalue weighted by Crippen LogP contribution is -2.52. The average Bonchev–Trinajstić information content (AvgIpc) is 3.40. The molecular weight excluding hydrogens is 494 g/mol. The molecule has 3 N–H and O–H groups in total. The third-order valence-electron chi connectivity index (χ3n) is 8.03. The Hall–Kier alpha value is -4.04. The van der Waals surface area contributed by atoms with Crippen molar-refractivity contribution in [1.82, 2.24) is 25.3 Å². The monoisotopic (exact) mass is 531 g/mol. The fourth-order valence-corrected chi connectivity index (χ4v) is 5.62. The largest absolute Gasteiger partial charge is 0.385 e. The van der Waals surface area contributed by atoms with Crippen LogP contribution in [0.3, 0.4) is 0 Å². The van der Waals surface area contributed by atoms with Crippen molar-refractivity contribution in [1.29, 1.82) is 10.7 Å². The predicted octanol–water partition coefficient (Wildman–Crippen LogP) is 2.65. The van der Waals surface area contributed by atoms with Crippen LogP contribution in [0.1, 0.15) is 31.7 Å². The van der Waals surface area contributed by atoms with Gasteiger partial charge >= 0.3 is 6.03 Å². The minimum Gasteiger partial charge on any atom is -0.385 e. The molecule has 39 heavy (non-hydrogen) atoms. The summed E-state index contributed by atoms with van der Waals surface area (Å²) in [6, 6.07) is 6.55. The Balaban J connectivity index is 1.56. The zero-order valence-corrected chi connectivity index (χ0v) is 23.1. The number of nitrogens with zero attached hydrogens (tertiary/aromatic N) is 6. The number of rotatable bonds is 4. The molecule has 1 saturated heterocycles. The second kappa shape index (κ2) is 11.0. The van der Waals surface area contributed by atoms with Gasteiger partial charge in [-0.15, -0.1) is 0 Å². The maximum atomic E-state index is 12.6. The number of amides is 2.